The molecule has 0 saturated carbocycles. The van der Waals surface area contributed by atoms with Crippen LogP contribution in [0, 0.1) is 0 Å². The molecular formula is C9H14N2O2. The highest BCUT2D eigenvalue weighted by Gasteiger charge is 2.20. The fourth-order valence-electron chi connectivity index (χ4n) is 0.968. The largest absolute Gasteiger partial charge is 0.481 e. The number of nitrogens with two attached hydrogens (primary N) is 1. The number of pyridine rings is 1. The summed E-state index contributed by atoms with van der Waals surface area (Å²) >= 11 is 0. The van der Waals surface area contributed by atoms with Gasteiger partial charge in [0.25, 0.3) is 0 Å². The van der Waals surface area contributed by atoms with E-state index in [2.05, 4.69) is 4.98 Å². The highest BCUT2D eigenvalue weighted by molar-refractivity contribution is 5.26. The molecule has 0 aromatic carbocycles. The molecule has 0 bridgehead atoms. The van der Waals surface area contributed by atoms with Crippen molar-refractivity contribution in [1.82, 2.24) is 4.98 Å². The number of aliphatic hydroxyl groups excluding tert-OH is 1. The lowest BCUT2D eigenvalue weighted by molar-refractivity contribution is 0.209. The third-order valence-corrected chi connectivity index (χ3v) is 1.93. The van der Waals surface area contributed by atoms with Gasteiger partial charge < -0.3 is 15.6 Å². The molecule has 0 aliphatic rings. The van der Waals surface area contributed by atoms with E-state index in [4.69, 9.17) is 15.6 Å². The van der Waals surface area contributed by atoms with Crippen LogP contribution in [0.2, 0.25) is 0 Å². The average molecular weight is 182 g/mol. The predicted octanol–water partition coefficient (Wildman–Crippen LogP) is 0.256. The van der Waals surface area contributed by atoms with Crippen LogP contribution in [0.3, 0.4) is 0 Å². The van der Waals surface area contributed by atoms with Gasteiger partial charge in [-0.05, 0) is 18.6 Å². The van der Waals surface area contributed by atoms with E-state index < -0.39 is 5.54 Å². The number of aliphatic hydroxyl groups is 1. The first-order valence-electron chi connectivity index (χ1n) is 4.00. The standard InChI is InChI=1S/C9H14N2O2/c1-9(10,6-12)7-3-4-11-8(5-7)13-2/h3-5,12H,6,10H2,1-2H3. The third kappa shape index (κ3) is 2.17. The van der Waals surface area contributed by atoms with Gasteiger partial charge in [-0.2, -0.15) is 0 Å². The van der Waals surface area contributed by atoms with Crippen LogP contribution in [-0.2, 0) is 5.54 Å². The lowest BCUT2D eigenvalue weighted by atomic mass is 9.95. The first-order valence-corrected chi connectivity index (χ1v) is 4.00. The lowest BCUT2D eigenvalue weighted by Gasteiger charge is -2.22. The smallest absolute Gasteiger partial charge is 0.213 e. The minimum absolute atomic E-state index is 0.111. The summed E-state index contributed by atoms with van der Waals surface area (Å²) in [5, 5.41) is 9.02. The number of rotatable bonds is 3. The Balaban J connectivity index is 3.01. The normalized spacial score (nSPS) is 15.1. The first-order chi connectivity index (χ1) is 6.10. The number of hydrogen-bond donors (Lipinski definition) is 2. The summed E-state index contributed by atoms with van der Waals surface area (Å²) in [6, 6.07) is 3.48. The fraction of sp³-hybridized carbons (Fsp3) is 0.444. The van der Waals surface area contributed by atoms with Gasteiger partial charge in [0.2, 0.25) is 5.88 Å². The minimum Gasteiger partial charge on any atom is -0.481 e. The van der Waals surface area contributed by atoms with E-state index in [0.29, 0.717) is 5.88 Å². The van der Waals surface area contributed by atoms with Crippen molar-refractivity contribution in [2.75, 3.05) is 13.7 Å². The Kier molecular flexibility index (Phi) is 2.85. The number of nitrogens with zero attached hydrogens (tertiary/aromatic N) is 1. The molecule has 0 fully saturated rings. The van der Waals surface area contributed by atoms with Crippen LogP contribution in [0.5, 0.6) is 5.88 Å². The maximum Gasteiger partial charge on any atom is 0.213 e. The van der Waals surface area contributed by atoms with Crippen molar-refractivity contribution < 1.29 is 9.84 Å². The molecule has 0 spiro atoms. The summed E-state index contributed by atoms with van der Waals surface area (Å²) in [4.78, 5) is 3.95. The van der Waals surface area contributed by atoms with Crippen LogP contribution in [0.25, 0.3) is 0 Å². The average Bonchev–Trinajstić information content (AvgIpc) is 2.18. The maximum atomic E-state index is 9.02. The van der Waals surface area contributed by atoms with E-state index in [9.17, 15) is 0 Å². The lowest BCUT2D eigenvalue weighted by Crippen LogP contribution is -2.36. The molecule has 72 valence electrons. The van der Waals surface area contributed by atoms with Crippen LogP contribution in [0.4, 0.5) is 0 Å². The molecule has 0 amide bonds. The molecule has 4 heteroatoms. The van der Waals surface area contributed by atoms with Gasteiger partial charge in [0, 0.05) is 12.3 Å². The van der Waals surface area contributed by atoms with Crippen molar-refractivity contribution in [1.29, 1.82) is 0 Å². The van der Waals surface area contributed by atoms with Gasteiger partial charge in [-0.15, -0.1) is 0 Å². The van der Waals surface area contributed by atoms with E-state index in [0.717, 1.165) is 5.56 Å². The van der Waals surface area contributed by atoms with E-state index in [-0.39, 0.29) is 6.61 Å². The molecule has 0 radical (unpaired) electrons. The summed E-state index contributed by atoms with van der Waals surface area (Å²) in [6.45, 7) is 1.64. The monoisotopic (exact) mass is 182 g/mol. The Morgan fingerprint density at radius 2 is 2.38 bits per heavy atom. The molecule has 0 aliphatic carbocycles. The number of aromatic nitrogens is 1. The molecule has 13 heavy (non-hydrogen) atoms. The highest BCUT2D eigenvalue weighted by Crippen LogP contribution is 2.19. The Labute approximate surface area is 77.4 Å². The van der Waals surface area contributed by atoms with Crippen LogP contribution >= 0.6 is 0 Å². The van der Waals surface area contributed by atoms with Gasteiger partial charge in [0.15, 0.2) is 0 Å². The summed E-state index contributed by atoms with van der Waals surface area (Å²) in [6.07, 6.45) is 1.61. The van der Waals surface area contributed by atoms with E-state index >= 15 is 0 Å². The minimum atomic E-state index is -0.740. The summed E-state index contributed by atoms with van der Waals surface area (Å²) in [5.41, 5.74) is 5.89. The Hall–Kier alpha value is -1.13. The number of ether oxygens (including phenoxy) is 1. The number of hydrogen-bond acceptors (Lipinski definition) is 4. The van der Waals surface area contributed by atoms with Crippen LogP contribution in [0.1, 0.15) is 12.5 Å². The van der Waals surface area contributed by atoms with Crippen LogP contribution in [-0.4, -0.2) is 23.8 Å². The van der Waals surface area contributed by atoms with Gasteiger partial charge in [0.05, 0.1) is 19.3 Å². The zero-order valence-electron chi connectivity index (χ0n) is 7.82. The second-order valence-corrected chi connectivity index (χ2v) is 3.16. The molecule has 1 rings (SSSR count). The molecule has 0 aliphatic heterocycles. The van der Waals surface area contributed by atoms with Gasteiger partial charge >= 0.3 is 0 Å². The molecule has 3 N–H and O–H groups in total. The summed E-state index contributed by atoms with van der Waals surface area (Å²) in [5.74, 6) is 0.502. The van der Waals surface area contributed by atoms with Gasteiger partial charge in [-0.25, -0.2) is 4.98 Å². The van der Waals surface area contributed by atoms with Crippen LogP contribution in [0.15, 0.2) is 18.3 Å². The van der Waals surface area contributed by atoms with Crippen molar-refractivity contribution in [3.05, 3.63) is 23.9 Å². The molecule has 1 heterocycles. The van der Waals surface area contributed by atoms with E-state index in [1.165, 1.54) is 0 Å². The second kappa shape index (κ2) is 3.72. The first kappa shape index (κ1) is 9.95. The molecule has 1 aromatic rings. The quantitative estimate of drug-likeness (QED) is 0.703. The SMILES string of the molecule is COc1cc(C(C)(N)CO)ccn1. The van der Waals surface area contributed by atoms with Crippen molar-refractivity contribution in [2.45, 2.75) is 12.5 Å². The van der Waals surface area contributed by atoms with E-state index in [1.807, 2.05) is 0 Å². The van der Waals surface area contributed by atoms with Crippen molar-refractivity contribution >= 4 is 0 Å². The zero-order valence-corrected chi connectivity index (χ0v) is 7.82. The summed E-state index contributed by atoms with van der Waals surface area (Å²) in [7, 11) is 1.54. The predicted molar refractivity (Wildman–Crippen MR) is 49.4 cm³/mol. The van der Waals surface area contributed by atoms with E-state index in [1.54, 1.807) is 32.4 Å². The molecular weight excluding hydrogens is 168 g/mol. The molecule has 1 aromatic heterocycles. The highest BCUT2D eigenvalue weighted by atomic mass is 16.5. The summed E-state index contributed by atoms with van der Waals surface area (Å²) < 4.78 is 4.95. The fourth-order valence-corrected chi connectivity index (χ4v) is 0.968. The van der Waals surface area contributed by atoms with Crippen molar-refractivity contribution in [3.8, 4) is 5.88 Å². The molecule has 0 saturated heterocycles. The van der Waals surface area contributed by atoms with Crippen molar-refractivity contribution in [3.63, 3.8) is 0 Å². The van der Waals surface area contributed by atoms with Crippen molar-refractivity contribution in [2.24, 2.45) is 5.73 Å². The molecule has 4 nitrogen and oxygen atoms in total. The topological polar surface area (TPSA) is 68.4 Å². The molecule has 1 unspecified atom stereocenters. The van der Waals surface area contributed by atoms with Gasteiger partial charge in [0.1, 0.15) is 0 Å². The van der Waals surface area contributed by atoms with Crippen LogP contribution < -0.4 is 10.5 Å². The Morgan fingerprint density at radius 1 is 1.69 bits per heavy atom. The third-order valence-electron chi connectivity index (χ3n) is 1.93. The Bertz CT molecular complexity index is 287. The zero-order chi connectivity index (χ0) is 9.90. The maximum absolute atomic E-state index is 9.02. The number of methoxy groups -OCH3 is 1. The van der Waals surface area contributed by atoms with Gasteiger partial charge in [-0.3, -0.25) is 0 Å². The molecule has 1 atom stereocenters. The second-order valence-electron chi connectivity index (χ2n) is 3.16. The Morgan fingerprint density at radius 3 is 2.92 bits per heavy atom. The van der Waals surface area contributed by atoms with Gasteiger partial charge in [-0.1, -0.05) is 0 Å².